The van der Waals surface area contributed by atoms with Crippen molar-refractivity contribution in [2.75, 3.05) is 6.54 Å². The van der Waals surface area contributed by atoms with Crippen molar-refractivity contribution in [3.8, 4) is 0 Å². The Kier molecular flexibility index (Phi) is 5.31. The third-order valence-corrected chi connectivity index (χ3v) is 5.66. The maximum Gasteiger partial charge on any atom is 0.163 e. The number of benzene rings is 2. The second-order valence-corrected chi connectivity index (χ2v) is 7.89. The predicted molar refractivity (Wildman–Crippen MR) is 108 cm³/mol. The molecule has 0 radical (unpaired) electrons. The van der Waals surface area contributed by atoms with Gasteiger partial charge in [-0.05, 0) is 41.7 Å². The fourth-order valence-corrected chi connectivity index (χ4v) is 4.14. The minimum absolute atomic E-state index is 0.307. The Hall–Kier alpha value is -2.46. The van der Waals surface area contributed by atoms with Crippen molar-refractivity contribution in [1.29, 1.82) is 0 Å². The lowest BCUT2D eigenvalue weighted by molar-refractivity contribution is 0.215. The molecule has 1 aliphatic heterocycles. The van der Waals surface area contributed by atoms with Crippen LogP contribution in [-0.4, -0.2) is 16.0 Å². The van der Waals surface area contributed by atoms with Crippen LogP contribution >= 0.6 is 0 Å². The quantitative estimate of drug-likeness (QED) is 0.548. The summed E-state index contributed by atoms with van der Waals surface area (Å²) in [5.74, 6) is -1.05. The van der Waals surface area contributed by atoms with Gasteiger partial charge in [-0.1, -0.05) is 50.2 Å². The smallest absolute Gasteiger partial charge is 0.163 e. The van der Waals surface area contributed by atoms with Gasteiger partial charge in [0.1, 0.15) is 0 Å². The zero-order valence-electron chi connectivity index (χ0n) is 16.4. The molecule has 0 aliphatic carbocycles. The molecular weight excluding hydrogens is 354 g/mol. The van der Waals surface area contributed by atoms with Crippen LogP contribution in [0.5, 0.6) is 0 Å². The first-order valence-electron chi connectivity index (χ1n) is 9.96. The summed E-state index contributed by atoms with van der Waals surface area (Å²) in [6, 6.07) is 16.8. The molecule has 1 atom stereocenters. The van der Waals surface area contributed by atoms with E-state index in [0.29, 0.717) is 18.0 Å². The third-order valence-electron chi connectivity index (χ3n) is 5.66. The number of aryl methyl sites for hydroxylation is 1. The van der Waals surface area contributed by atoms with Gasteiger partial charge in [0.15, 0.2) is 11.6 Å². The first-order chi connectivity index (χ1) is 13.5. The molecule has 28 heavy (non-hydrogen) atoms. The molecule has 146 valence electrons. The summed E-state index contributed by atoms with van der Waals surface area (Å²) in [7, 11) is 0. The van der Waals surface area contributed by atoms with Crippen molar-refractivity contribution in [3.05, 3.63) is 94.8 Å². The van der Waals surface area contributed by atoms with E-state index in [0.717, 1.165) is 25.2 Å². The SMILES string of the molecule is CC(C)c1ccc(CN2CCCn3cccc3C2c2cccc(F)c2F)cc1. The zero-order chi connectivity index (χ0) is 19.7. The third kappa shape index (κ3) is 3.61. The highest BCUT2D eigenvalue weighted by Crippen LogP contribution is 2.35. The first kappa shape index (κ1) is 18.9. The average molecular weight is 380 g/mol. The van der Waals surface area contributed by atoms with E-state index in [2.05, 4.69) is 47.6 Å². The van der Waals surface area contributed by atoms with Gasteiger partial charge < -0.3 is 4.57 Å². The largest absolute Gasteiger partial charge is 0.350 e. The van der Waals surface area contributed by atoms with E-state index in [1.807, 2.05) is 18.3 Å². The van der Waals surface area contributed by atoms with Crippen molar-refractivity contribution in [1.82, 2.24) is 9.47 Å². The van der Waals surface area contributed by atoms with Crippen molar-refractivity contribution in [2.24, 2.45) is 0 Å². The van der Waals surface area contributed by atoms with E-state index in [1.165, 1.54) is 17.2 Å². The predicted octanol–water partition coefficient (Wildman–Crippen LogP) is 5.89. The van der Waals surface area contributed by atoms with Gasteiger partial charge in [0.25, 0.3) is 0 Å². The molecule has 1 aromatic heterocycles. The number of nitrogens with zero attached hydrogens (tertiary/aromatic N) is 2. The summed E-state index contributed by atoms with van der Waals surface area (Å²) < 4.78 is 30.9. The summed E-state index contributed by atoms with van der Waals surface area (Å²) >= 11 is 0. The second-order valence-electron chi connectivity index (χ2n) is 7.89. The maximum atomic E-state index is 14.8. The van der Waals surface area contributed by atoms with Crippen LogP contribution in [0.1, 0.15) is 54.6 Å². The molecule has 1 unspecified atom stereocenters. The Bertz CT molecular complexity index is 943. The summed E-state index contributed by atoms with van der Waals surface area (Å²) in [4.78, 5) is 2.26. The molecule has 4 heteroatoms. The molecule has 0 fully saturated rings. The number of halogens is 2. The van der Waals surface area contributed by atoms with Crippen LogP contribution in [0.4, 0.5) is 8.78 Å². The number of aromatic nitrogens is 1. The van der Waals surface area contributed by atoms with E-state index in [9.17, 15) is 8.78 Å². The Morgan fingerprint density at radius 1 is 0.964 bits per heavy atom. The van der Waals surface area contributed by atoms with Crippen LogP contribution < -0.4 is 0 Å². The Morgan fingerprint density at radius 3 is 2.50 bits per heavy atom. The standard InChI is InChI=1S/C24H26F2N2/c1-17(2)19-11-9-18(10-12-19)16-28-15-5-14-27-13-4-8-22(27)24(28)20-6-3-7-21(25)23(20)26/h3-4,6-13,17,24H,5,14-16H2,1-2H3. The van der Waals surface area contributed by atoms with E-state index < -0.39 is 11.6 Å². The van der Waals surface area contributed by atoms with Gasteiger partial charge in [-0.2, -0.15) is 0 Å². The number of rotatable bonds is 4. The van der Waals surface area contributed by atoms with Gasteiger partial charge in [0.2, 0.25) is 0 Å². The summed E-state index contributed by atoms with van der Waals surface area (Å²) in [6.07, 6.45) is 3.00. The molecule has 0 N–H and O–H groups in total. The van der Waals surface area contributed by atoms with E-state index in [-0.39, 0.29) is 6.04 Å². The lowest BCUT2D eigenvalue weighted by Gasteiger charge is -2.31. The van der Waals surface area contributed by atoms with Crippen LogP contribution in [0.15, 0.2) is 60.8 Å². The van der Waals surface area contributed by atoms with Crippen LogP contribution in [0, 0.1) is 11.6 Å². The minimum atomic E-state index is -0.791. The fourth-order valence-electron chi connectivity index (χ4n) is 4.14. The molecule has 0 bridgehead atoms. The Morgan fingerprint density at radius 2 is 1.75 bits per heavy atom. The second kappa shape index (κ2) is 7.88. The fraction of sp³-hybridized carbons (Fsp3) is 0.333. The highest BCUT2D eigenvalue weighted by molar-refractivity contribution is 5.32. The summed E-state index contributed by atoms with van der Waals surface area (Å²) in [5.41, 5.74) is 3.91. The average Bonchev–Trinajstić information content (AvgIpc) is 3.07. The van der Waals surface area contributed by atoms with Gasteiger partial charge in [0, 0.05) is 37.1 Å². The molecule has 4 rings (SSSR count). The number of hydrogen-bond donors (Lipinski definition) is 0. The zero-order valence-corrected chi connectivity index (χ0v) is 16.4. The number of hydrogen-bond acceptors (Lipinski definition) is 1. The molecule has 0 spiro atoms. The Balaban J connectivity index is 1.72. The lowest BCUT2D eigenvalue weighted by atomic mass is 9.99. The monoisotopic (exact) mass is 380 g/mol. The van der Waals surface area contributed by atoms with Crippen molar-refractivity contribution in [2.45, 2.75) is 45.3 Å². The highest BCUT2D eigenvalue weighted by atomic mass is 19.2. The first-order valence-corrected chi connectivity index (χ1v) is 9.96. The topological polar surface area (TPSA) is 8.17 Å². The minimum Gasteiger partial charge on any atom is -0.350 e. The molecule has 0 amide bonds. The van der Waals surface area contributed by atoms with Crippen molar-refractivity contribution in [3.63, 3.8) is 0 Å². The van der Waals surface area contributed by atoms with Crippen molar-refractivity contribution < 1.29 is 8.78 Å². The summed E-state index contributed by atoms with van der Waals surface area (Å²) in [5, 5.41) is 0. The molecule has 0 saturated carbocycles. The Labute approximate surface area is 165 Å². The number of fused-ring (bicyclic) bond motifs is 1. The van der Waals surface area contributed by atoms with E-state index >= 15 is 0 Å². The lowest BCUT2D eigenvalue weighted by Crippen LogP contribution is -2.30. The molecule has 2 heterocycles. The molecule has 0 saturated heterocycles. The van der Waals surface area contributed by atoms with Gasteiger partial charge in [-0.15, -0.1) is 0 Å². The molecule has 3 aromatic rings. The van der Waals surface area contributed by atoms with E-state index in [1.54, 1.807) is 12.1 Å². The van der Waals surface area contributed by atoms with Crippen molar-refractivity contribution >= 4 is 0 Å². The van der Waals surface area contributed by atoms with Crippen LogP contribution in [0.3, 0.4) is 0 Å². The van der Waals surface area contributed by atoms with Gasteiger partial charge in [-0.25, -0.2) is 8.78 Å². The van der Waals surface area contributed by atoms with Crippen LogP contribution in [-0.2, 0) is 13.1 Å². The highest BCUT2D eigenvalue weighted by Gasteiger charge is 2.30. The molecule has 2 nitrogen and oxygen atoms in total. The maximum absolute atomic E-state index is 14.8. The summed E-state index contributed by atoms with van der Waals surface area (Å²) in [6.45, 7) is 6.78. The molecular formula is C24H26F2N2. The van der Waals surface area contributed by atoms with Gasteiger partial charge in [0.05, 0.1) is 6.04 Å². The van der Waals surface area contributed by atoms with E-state index in [4.69, 9.17) is 0 Å². The van der Waals surface area contributed by atoms with Gasteiger partial charge in [-0.3, -0.25) is 4.90 Å². The normalized spacial score (nSPS) is 17.5. The molecule has 1 aliphatic rings. The van der Waals surface area contributed by atoms with Crippen LogP contribution in [0.25, 0.3) is 0 Å². The van der Waals surface area contributed by atoms with Crippen LogP contribution in [0.2, 0.25) is 0 Å². The van der Waals surface area contributed by atoms with Gasteiger partial charge >= 0.3 is 0 Å². The molecule has 2 aromatic carbocycles.